The number of nitrogens with zero attached hydrogens (tertiary/aromatic N) is 2. The molecule has 0 radical (unpaired) electrons. The van der Waals surface area contributed by atoms with Gasteiger partial charge in [-0.05, 0) is 45.9 Å². The molecule has 0 saturated heterocycles. The van der Waals surface area contributed by atoms with Crippen LogP contribution in [0, 0.1) is 5.82 Å². The van der Waals surface area contributed by atoms with Gasteiger partial charge < -0.3 is 19.8 Å². The second-order valence-corrected chi connectivity index (χ2v) is 7.42. The molecule has 8 nitrogen and oxygen atoms in total. The number of nitrogens with two attached hydrogens (primary N) is 1. The van der Waals surface area contributed by atoms with Crippen molar-refractivity contribution in [1.82, 2.24) is 9.55 Å². The van der Waals surface area contributed by atoms with Gasteiger partial charge in [-0.25, -0.2) is 14.2 Å². The van der Waals surface area contributed by atoms with Gasteiger partial charge in [0.25, 0.3) is 0 Å². The minimum atomic E-state index is -0.882. The summed E-state index contributed by atoms with van der Waals surface area (Å²) in [4.78, 5) is 41.5. The second-order valence-electron chi connectivity index (χ2n) is 7.02. The predicted molar refractivity (Wildman–Crippen MR) is 103 cm³/mol. The summed E-state index contributed by atoms with van der Waals surface area (Å²) in [5, 5.41) is -0.0292. The molecular formula is C19H21ClFN3O5. The summed E-state index contributed by atoms with van der Waals surface area (Å²) >= 11 is 6.02. The number of esters is 2. The highest BCUT2D eigenvalue weighted by Crippen LogP contribution is 2.25. The van der Waals surface area contributed by atoms with Crippen LogP contribution in [0.2, 0.25) is 5.02 Å². The van der Waals surface area contributed by atoms with Gasteiger partial charge in [0, 0.05) is 5.56 Å². The number of carbonyl (C=O) groups excluding carboxylic acids is 3. The van der Waals surface area contributed by atoms with Gasteiger partial charge in [0.1, 0.15) is 23.7 Å². The van der Waals surface area contributed by atoms with Gasteiger partial charge in [-0.3, -0.25) is 9.59 Å². The van der Waals surface area contributed by atoms with Crippen molar-refractivity contribution in [3.05, 3.63) is 46.1 Å². The molecule has 0 saturated carbocycles. The van der Waals surface area contributed by atoms with E-state index in [1.165, 1.54) is 6.07 Å². The number of anilines is 1. The van der Waals surface area contributed by atoms with E-state index in [2.05, 4.69) is 4.98 Å². The van der Waals surface area contributed by atoms with Crippen molar-refractivity contribution in [2.75, 3.05) is 12.3 Å². The van der Waals surface area contributed by atoms with E-state index in [0.29, 0.717) is 0 Å². The summed E-state index contributed by atoms with van der Waals surface area (Å²) in [6.45, 7) is 6.08. The molecule has 156 valence electrons. The number of hydrogen-bond donors (Lipinski definition) is 1. The SMILES string of the molecule is CCOC(=O)c1nc(N)c(C(=O)c2cc(F)ccc2Cl)n1CC(=O)OC(C)(C)C. The maximum atomic E-state index is 13.6. The van der Waals surface area contributed by atoms with Crippen LogP contribution in [0.4, 0.5) is 10.2 Å². The Balaban J connectivity index is 2.58. The summed E-state index contributed by atoms with van der Waals surface area (Å²) in [6.07, 6.45) is 0. The smallest absolute Gasteiger partial charge is 0.374 e. The molecule has 1 heterocycles. The minimum absolute atomic E-state index is 0.0292. The van der Waals surface area contributed by atoms with E-state index in [4.69, 9.17) is 26.8 Å². The Labute approximate surface area is 171 Å². The first kappa shape index (κ1) is 22.4. The molecule has 0 amide bonds. The number of benzene rings is 1. The van der Waals surface area contributed by atoms with Crippen LogP contribution >= 0.6 is 11.6 Å². The van der Waals surface area contributed by atoms with Crippen LogP contribution in [-0.4, -0.2) is 39.5 Å². The molecule has 0 spiro atoms. The van der Waals surface area contributed by atoms with E-state index in [1.807, 2.05) is 0 Å². The lowest BCUT2D eigenvalue weighted by molar-refractivity contribution is -0.155. The highest BCUT2D eigenvalue weighted by Gasteiger charge is 2.30. The number of carbonyl (C=O) groups is 3. The molecule has 10 heteroatoms. The monoisotopic (exact) mass is 425 g/mol. The van der Waals surface area contributed by atoms with E-state index >= 15 is 0 Å². The van der Waals surface area contributed by atoms with Crippen LogP contribution < -0.4 is 5.73 Å². The highest BCUT2D eigenvalue weighted by molar-refractivity contribution is 6.35. The lowest BCUT2D eigenvalue weighted by Crippen LogP contribution is -2.29. The molecule has 2 aromatic rings. The maximum Gasteiger partial charge on any atom is 0.374 e. The Morgan fingerprint density at radius 2 is 1.93 bits per heavy atom. The van der Waals surface area contributed by atoms with E-state index < -0.39 is 35.7 Å². The lowest BCUT2D eigenvalue weighted by Gasteiger charge is -2.20. The molecular weight excluding hydrogens is 405 g/mol. The van der Waals surface area contributed by atoms with Crippen molar-refractivity contribution in [3.8, 4) is 0 Å². The molecule has 2 rings (SSSR count). The lowest BCUT2D eigenvalue weighted by atomic mass is 10.1. The van der Waals surface area contributed by atoms with E-state index in [0.717, 1.165) is 16.7 Å². The molecule has 0 aliphatic heterocycles. The molecule has 0 unspecified atom stereocenters. The Bertz CT molecular complexity index is 965. The van der Waals surface area contributed by atoms with E-state index in [1.54, 1.807) is 27.7 Å². The summed E-state index contributed by atoms with van der Waals surface area (Å²) < 4.78 is 24.8. The van der Waals surface area contributed by atoms with Crippen molar-refractivity contribution in [2.45, 2.75) is 39.8 Å². The fourth-order valence-corrected chi connectivity index (χ4v) is 2.72. The molecule has 29 heavy (non-hydrogen) atoms. The van der Waals surface area contributed by atoms with Gasteiger partial charge >= 0.3 is 11.9 Å². The predicted octanol–water partition coefficient (Wildman–Crippen LogP) is 3.01. The topological polar surface area (TPSA) is 114 Å². The van der Waals surface area contributed by atoms with Crippen molar-refractivity contribution >= 4 is 35.1 Å². The molecule has 0 atom stereocenters. The maximum absolute atomic E-state index is 13.6. The largest absolute Gasteiger partial charge is 0.460 e. The van der Waals surface area contributed by atoms with Gasteiger partial charge in [0.05, 0.1) is 11.6 Å². The van der Waals surface area contributed by atoms with Gasteiger partial charge in [-0.15, -0.1) is 0 Å². The molecule has 1 aromatic carbocycles. The summed E-state index contributed by atoms with van der Waals surface area (Å²) in [5.74, 6) is -3.81. The summed E-state index contributed by atoms with van der Waals surface area (Å²) in [7, 11) is 0. The van der Waals surface area contributed by atoms with Gasteiger partial charge in [-0.1, -0.05) is 11.6 Å². The Morgan fingerprint density at radius 1 is 1.28 bits per heavy atom. The molecule has 0 bridgehead atoms. The fraction of sp³-hybridized carbons (Fsp3) is 0.368. The first-order valence-corrected chi connectivity index (χ1v) is 9.07. The van der Waals surface area contributed by atoms with E-state index in [-0.39, 0.29) is 34.5 Å². The number of ether oxygens (including phenoxy) is 2. The Hall–Kier alpha value is -2.94. The van der Waals surface area contributed by atoms with Crippen LogP contribution in [0.5, 0.6) is 0 Å². The normalized spacial score (nSPS) is 11.2. The third kappa shape index (κ3) is 5.32. The quantitative estimate of drug-likeness (QED) is 0.559. The number of aromatic nitrogens is 2. The average Bonchev–Trinajstić information content (AvgIpc) is 2.91. The number of rotatable bonds is 6. The highest BCUT2D eigenvalue weighted by atomic mass is 35.5. The van der Waals surface area contributed by atoms with Crippen LogP contribution in [0.15, 0.2) is 18.2 Å². The number of hydrogen-bond acceptors (Lipinski definition) is 7. The number of halogens is 2. The third-order valence-corrected chi connectivity index (χ3v) is 3.88. The number of imidazole rings is 1. The fourth-order valence-electron chi connectivity index (χ4n) is 2.52. The first-order valence-electron chi connectivity index (χ1n) is 8.69. The number of nitrogen functional groups attached to an aromatic ring is 1. The van der Waals surface area contributed by atoms with Crippen LogP contribution in [0.1, 0.15) is 54.4 Å². The van der Waals surface area contributed by atoms with Crippen molar-refractivity contribution in [2.24, 2.45) is 0 Å². The summed E-state index contributed by atoms with van der Waals surface area (Å²) in [5.41, 5.74) is 4.56. The Morgan fingerprint density at radius 3 is 2.52 bits per heavy atom. The zero-order chi connectivity index (χ0) is 21.9. The minimum Gasteiger partial charge on any atom is -0.460 e. The van der Waals surface area contributed by atoms with Crippen LogP contribution in [0.25, 0.3) is 0 Å². The van der Waals surface area contributed by atoms with Crippen molar-refractivity contribution in [3.63, 3.8) is 0 Å². The summed E-state index contributed by atoms with van der Waals surface area (Å²) in [6, 6.07) is 3.23. The van der Waals surface area contributed by atoms with Gasteiger partial charge in [0.15, 0.2) is 5.82 Å². The molecule has 2 N–H and O–H groups in total. The molecule has 0 fully saturated rings. The average molecular weight is 426 g/mol. The molecule has 0 aliphatic rings. The van der Waals surface area contributed by atoms with Crippen molar-refractivity contribution in [1.29, 1.82) is 0 Å². The van der Waals surface area contributed by atoms with Crippen LogP contribution in [0.3, 0.4) is 0 Å². The van der Waals surface area contributed by atoms with Crippen molar-refractivity contribution < 1.29 is 28.2 Å². The second kappa shape index (κ2) is 8.60. The third-order valence-electron chi connectivity index (χ3n) is 3.55. The van der Waals surface area contributed by atoms with E-state index in [9.17, 15) is 18.8 Å². The number of ketones is 1. The van der Waals surface area contributed by atoms with Gasteiger partial charge in [-0.2, -0.15) is 0 Å². The first-order chi connectivity index (χ1) is 13.4. The zero-order valence-corrected chi connectivity index (χ0v) is 17.2. The van der Waals surface area contributed by atoms with Gasteiger partial charge in [0.2, 0.25) is 11.6 Å². The molecule has 0 aliphatic carbocycles. The zero-order valence-electron chi connectivity index (χ0n) is 16.4. The van der Waals surface area contributed by atoms with Crippen LogP contribution in [-0.2, 0) is 20.8 Å². The Kier molecular flexibility index (Phi) is 6.63. The standard InChI is InChI=1S/C19H21ClFN3O5/c1-5-28-18(27)17-23-16(22)14(24(17)9-13(25)29-19(2,3)4)15(26)11-8-10(21)6-7-12(11)20/h6-8H,5,9,22H2,1-4H3. The molecule has 1 aromatic heterocycles.